The number of carbonyl (C=O) groups excluding carboxylic acids is 1. The number of anilines is 2. The van der Waals surface area contributed by atoms with Crippen LogP contribution in [0.25, 0.3) is 0 Å². The fourth-order valence-corrected chi connectivity index (χ4v) is 2.27. The van der Waals surface area contributed by atoms with E-state index in [1.165, 1.54) is 5.56 Å². The summed E-state index contributed by atoms with van der Waals surface area (Å²) in [7, 11) is 3.14. The zero-order valence-corrected chi connectivity index (χ0v) is 13.7. The van der Waals surface area contributed by atoms with Crippen LogP contribution < -0.4 is 20.1 Å². The number of hydrogen-bond donors (Lipinski definition) is 2. The third-order valence-corrected chi connectivity index (χ3v) is 3.52. The third kappa shape index (κ3) is 4.39. The molecule has 23 heavy (non-hydrogen) atoms. The highest BCUT2D eigenvalue weighted by molar-refractivity contribution is 5.95. The van der Waals surface area contributed by atoms with Gasteiger partial charge in [-0.3, -0.25) is 4.79 Å². The zero-order chi connectivity index (χ0) is 16.7. The van der Waals surface area contributed by atoms with Crippen molar-refractivity contribution in [3.63, 3.8) is 0 Å². The summed E-state index contributed by atoms with van der Waals surface area (Å²) in [5, 5.41) is 6.01. The number of ether oxygens (including phenoxy) is 2. The smallest absolute Gasteiger partial charge is 0.243 e. The van der Waals surface area contributed by atoms with E-state index < -0.39 is 0 Å². The third-order valence-electron chi connectivity index (χ3n) is 3.52. The van der Waals surface area contributed by atoms with Crippen LogP contribution >= 0.6 is 0 Å². The van der Waals surface area contributed by atoms with Crippen LogP contribution in [-0.4, -0.2) is 26.7 Å². The summed E-state index contributed by atoms with van der Waals surface area (Å²) >= 11 is 0. The molecule has 0 bridgehead atoms. The number of para-hydroxylation sites is 1. The van der Waals surface area contributed by atoms with E-state index in [-0.39, 0.29) is 12.5 Å². The minimum Gasteiger partial charge on any atom is -0.497 e. The molecule has 0 radical (unpaired) electrons. The molecule has 0 fully saturated rings. The predicted octanol–water partition coefficient (Wildman–Crippen LogP) is 3.32. The lowest BCUT2D eigenvalue weighted by molar-refractivity contribution is -0.114. The first-order valence-corrected chi connectivity index (χ1v) is 7.51. The van der Waals surface area contributed by atoms with Gasteiger partial charge in [0.05, 0.1) is 26.5 Å². The highest BCUT2D eigenvalue weighted by Gasteiger charge is 2.09. The number of carbonyl (C=O) groups is 1. The molecule has 2 rings (SSSR count). The lowest BCUT2D eigenvalue weighted by atomic mass is 10.1. The summed E-state index contributed by atoms with van der Waals surface area (Å²) in [6.45, 7) is 2.27. The van der Waals surface area contributed by atoms with Crippen LogP contribution in [0.2, 0.25) is 0 Å². The van der Waals surface area contributed by atoms with Crippen molar-refractivity contribution < 1.29 is 14.3 Å². The first-order valence-electron chi connectivity index (χ1n) is 7.51. The number of amides is 1. The molecule has 0 saturated heterocycles. The van der Waals surface area contributed by atoms with Crippen molar-refractivity contribution in [2.75, 3.05) is 31.4 Å². The maximum absolute atomic E-state index is 12.1. The van der Waals surface area contributed by atoms with E-state index in [0.717, 1.165) is 12.1 Å². The Morgan fingerprint density at radius 2 is 1.83 bits per heavy atom. The molecule has 2 N–H and O–H groups in total. The van der Waals surface area contributed by atoms with Gasteiger partial charge in [0.15, 0.2) is 0 Å². The molecule has 0 atom stereocenters. The van der Waals surface area contributed by atoms with Gasteiger partial charge in [-0.05, 0) is 30.2 Å². The number of nitrogens with one attached hydrogen (secondary N) is 2. The summed E-state index contributed by atoms with van der Waals surface area (Å²) in [6, 6.07) is 13.2. The topological polar surface area (TPSA) is 59.6 Å². The first kappa shape index (κ1) is 16.7. The molecule has 0 aliphatic rings. The van der Waals surface area contributed by atoms with Crippen molar-refractivity contribution in [1.82, 2.24) is 0 Å². The monoisotopic (exact) mass is 314 g/mol. The molecule has 0 aliphatic heterocycles. The molecule has 0 saturated carbocycles. The van der Waals surface area contributed by atoms with E-state index in [1.807, 2.05) is 24.3 Å². The van der Waals surface area contributed by atoms with E-state index in [4.69, 9.17) is 9.47 Å². The molecule has 5 nitrogen and oxygen atoms in total. The van der Waals surface area contributed by atoms with E-state index in [9.17, 15) is 4.79 Å². The van der Waals surface area contributed by atoms with E-state index in [2.05, 4.69) is 17.6 Å². The van der Waals surface area contributed by atoms with Crippen molar-refractivity contribution >= 4 is 17.3 Å². The molecule has 0 aromatic heterocycles. The number of hydrogen-bond acceptors (Lipinski definition) is 4. The van der Waals surface area contributed by atoms with E-state index >= 15 is 0 Å². The summed E-state index contributed by atoms with van der Waals surface area (Å²) in [6.07, 6.45) is 0.914. The second-order valence-corrected chi connectivity index (χ2v) is 4.98. The van der Waals surface area contributed by atoms with Gasteiger partial charge in [0, 0.05) is 11.8 Å². The average Bonchev–Trinajstić information content (AvgIpc) is 2.60. The molecular formula is C18H22N2O3. The Labute approximate surface area is 136 Å². The van der Waals surface area contributed by atoms with Crippen molar-refractivity contribution in [2.24, 2.45) is 0 Å². The normalized spacial score (nSPS) is 10.0. The average molecular weight is 314 g/mol. The maximum Gasteiger partial charge on any atom is 0.243 e. The van der Waals surface area contributed by atoms with Gasteiger partial charge in [0.1, 0.15) is 11.5 Å². The summed E-state index contributed by atoms with van der Waals surface area (Å²) in [4.78, 5) is 12.1. The van der Waals surface area contributed by atoms with Gasteiger partial charge in [-0.15, -0.1) is 0 Å². The number of aryl methyl sites for hydroxylation is 1. The number of rotatable bonds is 7. The van der Waals surface area contributed by atoms with Crippen LogP contribution in [-0.2, 0) is 11.2 Å². The molecule has 1 amide bonds. The van der Waals surface area contributed by atoms with Crippen LogP contribution in [0.3, 0.4) is 0 Å². The lowest BCUT2D eigenvalue weighted by Gasteiger charge is -2.13. The summed E-state index contributed by atoms with van der Waals surface area (Å²) in [5.74, 6) is 1.10. The Bertz CT molecular complexity index is 671. The molecule has 2 aromatic carbocycles. The predicted molar refractivity (Wildman–Crippen MR) is 92.5 cm³/mol. The minimum atomic E-state index is -0.139. The van der Waals surface area contributed by atoms with Crippen molar-refractivity contribution in [3.8, 4) is 11.5 Å². The molecule has 2 aromatic rings. The highest BCUT2D eigenvalue weighted by atomic mass is 16.5. The lowest BCUT2D eigenvalue weighted by Crippen LogP contribution is -2.22. The largest absolute Gasteiger partial charge is 0.497 e. The summed E-state index contributed by atoms with van der Waals surface area (Å²) < 4.78 is 10.4. The number of benzene rings is 2. The van der Waals surface area contributed by atoms with Gasteiger partial charge >= 0.3 is 0 Å². The van der Waals surface area contributed by atoms with Gasteiger partial charge in [0.25, 0.3) is 0 Å². The highest BCUT2D eigenvalue weighted by Crippen LogP contribution is 2.28. The van der Waals surface area contributed by atoms with Gasteiger partial charge in [-0.2, -0.15) is 0 Å². The molecule has 0 unspecified atom stereocenters. The number of methoxy groups -OCH3 is 2. The Hall–Kier alpha value is -2.69. The second kappa shape index (κ2) is 8.08. The van der Waals surface area contributed by atoms with Gasteiger partial charge in [-0.1, -0.05) is 25.1 Å². The molecular weight excluding hydrogens is 292 g/mol. The van der Waals surface area contributed by atoms with Gasteiger partial charge in [0.2, 0.25) is 5.91 Å². The summed E-state index contributed by atoms with van der Waals surface area (Å²) in [5.41, 5.74) is 2.78. The Balaban J connectivity index is 2.00. The SMILES string of the molecule is CCc1ccccc1NCC(=O)Nc1ccc(OC)cc1OC. The molecule has 0 spiro atoms. The molecule has 0 aliphatic carbocycles. The van der Waals surface area contributed by atoms with Gasteiger partial charge < -0.3 is 20.1 Å². The minimum absolute atomic E-state index is 0.139. The zero-order valence-electron chi connectivity index (χ0n) is 13.7. The van der Waals surface area contributed by atoms with Crippen molar-refractivity contribution in [3.05, 3.63) is 48.0 Å². The molecule has 5 heteroatoms. The maximum atomic E-state index is 12.1. The molecule has 0 heterocycles. The van der Waals surface area contributed by atoms with Crippen LogP contribution in [0.5, 0.6) is 11.5 Å². The quantitative estimate of drug-likeness (QED) is 0.823. The standard InChI is InChI=1S/C18H22N2O3/c1-4-13-7-5-6-8-15(13)19-12-18(21)20-16-10-9-14(22-2)11-17(16)23-3/h5-11,19H,4,12H2,1-3H3,(H,20,21). The van der Waals surface area contributed by atoms with Crippen molar-refractivity contribution in [2.45, 2.75) is 13.3 Å². The Morgan fingerprint density at radius 1 is 1.04 bits per heavy atom. The Kier molecular flexibility index (Phi) is 5.86. The van der Waals surface area contributed by atoms with Crippen LogP contribution in [0.1, 0.15) is 12.5 Å². The van der Waals surface area contributed by atoms with Crippen molar-refractivity contribution in [1.29, 1.82) is 0 Å². The van der Waals surface area contributed by atoms with Gasteiger partial charge in [-0.25, -0.2) is 0 Å². The fraction of sp³-hybridized carbons (Fsp3) is 0.278. The van der Waals surface area contributed by atoms with Crippen LogP contribution in [0.15, 0.2) is 42.5 Å². The second-order valence-electron chi connectivity index (χ2n) is 4.98. The first-order chi connectivity index (χ1) is 11.2. The van der Waals surface area contributed by atoms with E-state index in [0.29, 0.717) is 17.2 Å². The van der Waals surface area contributed by atoms with Crippen LogP contribution in [0.4, 0.5) is 11.4 Å². The fourth-order valence-electron chi connectivity index (χ4n) is 2.27. The van der Waals surface area contributed by atoms with E-state index in [1.54, 1.807) is 32.4 Å². The molecule has 122 valence electrons. The van der Waals surface area contributed by atoms with Crippen LogP contribution in [0, 0.1) is 0 Å². The Morgan fingerprint density at radius 3 is 2.52 bits per heavy atom.